The van der Waals surface area contributed by atoms with Gasteiger partial charge in [0.25, 0.3) is 0 Å². The largest absolute Gasteiger partial charge is 0.354 e. The fourth-order valence-corrected chi connectivity index (χ4v) is 2.20. The summed E-state index contributed by atoms with van der Waals surface area (Å²) in [6.45, 7) is 9.10. The van der Waals surface area contributed by atoms with Gasteiger partial charge in [-0.05, 0) is 35.2 Å². The van der Waals surface area contributed by atoms with Crippen LogP contribution in [-0.2, 0) is 6.54 Å². The summed E-state index contributed by atoms with van der Waals surface area (Å²) in [7, 11) is 0. The first-order valence-corrected chi connectivity index (χ1v) is 7.15. The second-order valence-corrected chi connectivity index (χ2v) is 5.73. The Morgan fingerprint density at radius 3 is 2.79 bits per heavy atom. The summed E-state index contributed by atoms with van der Waals surface area (Å²) in [5, 5.41) is 11.1. The summed E-state index contributed by atoms with van der Waals surface area (Å²) in [6, 6.07) is 0. The molecule has 108 valence electrons. The van der Waals surface area contributed by atoms with Gasteiger partial charge in [-0.2, -0.15) is 5.10 Å². The van der Waals surface area contributed by atoms with Gasteiger partial charge in [-0.3, -0.25) is 4.99 Å². The van der Waals surface area contributed by atoms with Crippen LogP contribution in [-0.4, -0.2) is 28.8 Å². The molecule has 1 aromatic heterocycles. The first-order valence-electron chi connectivity index (χ1n) is 6.36. The van der Waals surface area contributed by atoms with Crippen LogP contribution in [0.4, 0.5) is 5.82 Å². The molecule has 0 bridgehead atoms. The molecule has 0 aromatic carbocycles. The van der Waals surface area contributed by atoms with Crippen LogP contribution in [0.3, 0.4) is 0 Å². The van der Waals surface area contributed by atoms with E-state index < -0.39 is 0 Å². The Balaban J connectivity index is 0.00000180. The van der Waals surface area contributed by atoms with Crippen molar-refractivity contribution in [1.29, 1.82) is 0 Å². The van der Waals surface area contributed by atoms with Crippen molar-refractivity contribution in [3.63, 3.8) is 0 Å². The van der Waals surface area contributed by atoms with Crippen molar-refractivity contribution in [2.24, 2.45) is 10.9 Å². The van der Waals surface area contributed by atoms with Gasteiger partial charge in [0.15, 0.2) is 5.96 Å². The van der Waals surface area contributed by atoms with Crippen molar-refractivity contribution in [2.45, 2.75) is 33.7 Å². The molecule has 0 unspecified atom stereocenters. The highest BCUT2D eigenvalue weighted by Crippen LogP contribution is 2.26. The molecule has 1 aromatic rings. The molecule has 1 aliphatic rings. The lowest BCUT2D eigenvalue weighted by molar-refractivity contribution is 0.489. The van der Waals surface area contributed by atoms with Gasteiger partial charge in [-0.15, -0.1) is 12.4 Å². The Morgan fingerprint density at radius 1 is 1.47 bits per heavy atom. The predicted octanol–water partition coefficient (Wildman–Crippen LogP) is 2.79. The zero-order valence-electron chi connectivity index (χ0n) is 11.5. The fraction of sp³-hybridized carbons (Fsp3) is 0.667. The molecule has 0 aliphatic carbocycles. The second kappa shape index (κ2) is 7.14. The minimum absolute atomic E-state index is 0. The van der Waals surface area contributed by atoms with E-state index in [1.54, 1.807) is 0 Å². The lowest BCUT2D eigenvalue weighted by atomic mass is 10.1. The van der Waals surface area contributed by atoms with Crippen LogP contribution in [0.5, 0.6) is 0 Å². The summed E-state index contributed by atoms with van der Waals surface area (Å²) in [4.78, 5) is 4.35. The van der Waals surface area contributed by atoms with Crippen molar-refractivity contribution in [3.05, 3.63) is 10.2 Å². The van der Waals surface area contributed by atoms with E-state index in [0.717, 1.165) is 48.0 Å². The number of hydrogen-bond donors (Lipinski definition) is 2. The Morgan fingerprint density at radius 2 is 2.21 bits per heavy atom. The van der Waals surface area contributed by atoms with Gasteiger partial charge >= 0.3 is 0 Å². The van der Waals surface area contributed by atoms with Crippen LogP contribution in [0.25, 0.3) is 0 Å². The van der Waals surface area contributed by atoms with E-state index in [1.165, 1.54) is 0 Å². The Bertz CT molecular complexity index is 455. The third-order valence-corrected chi connectivity index (χ3v) is 3.83. The van der Waals surface area contributed by atoms with Crippen LogP contribution < -0.4 is 10.6 Å². The smallest absolute Gasteiger partial charge is 0.197 e. The van der Waals surface area contributed by atoms with Gasteiger partial charge < -0.3 is 10.6 Å². The standard InChI is InChI=1S/C12H20BrN5.ClH/c1-8(2)4-7-18-11(10(13)9(3)17-18)16-12-14-5-6-15-12;/h8H,4-7H2,1-3H3,(H2,14,15,16);1H. The maximum atomic E-state index is 4.55. The van der Waals surface area contributed by atoms with Gasteiger partial charge in [0.2, 0.25) is 0 Å². The van der Waals surface area contributed by atoms with Crippen molar-refractivity contribution in [1.82, 2.24) is 15.1 Å². The molecule has 0 radical (unpaired) electrons. The van der Waals surface area contributed by atoms with Gasteiger partial charge in [-0.1, -0.05) is 13.8 Å². The number of aryl methyl sites for hydroxylation is 2. The maximum absolute atomic E-state index is 4.55. The SMILES string of the molecule is Cc1nn(CCC(C)C)c(NC2=NCCN2)c1Br.Cl. The van der Waals surface area contributed by atoms with Gasteiger partial charge in [0.1, 0.15) is 5.82 Å². The van der Waals surface area contributed by atoms with E-state index in [-0.39, 0.29) is 12.4 Å². The predicted molar refractivity (Wildman–Crippen MR) is 85.3 cm³/mol. The van der Waals surface area contributed by atoms with Gasteiger partial charge in [0.05, 0.1) is 16.7 Å². The Hall–Kier alpha value is -0.750. The van der Waals surface area contributed by atoms with E-state index in [4.69, 9.17) is 0 Å². The van der Waals surface area contributed by atoms with Crippen molar-refractivity contribution < 1.29 is 0 Å². The van der Waals surface area contributed by atoms with Crippen molar-refractivity contribution >= 4 is 40.1 Å². The third kappa shape index (κ3) is 4.11. The molecule has 5 nitrogen and oxygen atoms in total. The fourth-order valence-electron chi connectivity index (χ4n) is 1.82. The Kier molecular flexibility index (Phi) is 6.13. The molecular formula is C12H21BrClN5. The molecule has 0 saturated carbocycles. The maximum Gasteiger partial charge on any atom is 0.197 e. The number of aliphatic imine (C=N–C) groups is 1. The number of guanidine groups is 1. The highest BCUT2D eigenvalue weighted by Gasteiger charge is 2.16. The average Bonchev–Trinajstić information content (AvgIpc) is 2.91. The molecule has 7 heteroatoms. The molecule has 2 N–H and O–H groups in total. The molecule has 0 amide bonds. The summed E-state index contributed by atoms with van der Waals surface area (Å²) in [5.41, 5.74) is 1.000. The number of aromatic nitrogens is 2. The quantitative estimate of drug-likeness (QED) is 0.878. The minimum Gasteiger partial charge on any atom is -0.354 e. The van der Waals surface area contributed by atoms with E-state index in [9.17, 15) is 0 Å². The highest BCUT2D eigenvalue weighted by atomic mass is 79.9. The molecule has 0 atom stereocenters. The zero-order chi connectivity index (χ0) is 13.1. The lowest BCUT2D eigenvalue weighted by Crippen LogP contribution is -2.27. The zero-order valence-corrected chi connectivity index (χ0v) is 13.9. The Labute approximate surface area is 128 Å². The van der Waals surface area contributed by atoms with Gasteiger partial charge in [-0.25, -0.2) is 4.68 Å². The van der Waals surface area contributed by atoms with Crippen LogP contribution in [0.15, 0.2) is 9.47 Å². The molecule has 0 saturated heterocycles. The number of halogens is 2. The molecule has 2 heterocycles. The molecule has 2 rings (SSSR count). The van der Waals surface area contributed by atoms with Crippen LogP contribution >= 0.6 is 28.3 Å². The first-order chi connectivity index (χ1) is 8.58. The number of anilines is 1. The highest BCUT2D eigenvalue weighted by molar-refractivity contribution is 9.10. The molecule has 19 heavy (non-hydrogen) atoms. The lowest BCUT2D eigenvalue weighted by Gasteiger charge is -2.11. The topological polar surface area (TPSA) is 54.2 Å². The number of nitrogens with zero attached hydrogens (tertiary/aromatic N) is 3. The summed E-state index contributed by atoms with van der Waals surface area (Å²) < 4.78 is 3.03. The van der Waals surface area contributed by atoms with Crippen LogP contribution in [0, 0.1) is 12.8 Å². The van der Waals surface area contributed by atoms with Crippen molar-refractivity contribution in [2.75, 3.05) is 18.4 Å². The minimum atomic E-state index is 0. The average molecular weight is 351 g/mol. The summed E-state index contributed by atoms with van der Waals surface area (Å²) in [6.07, 6.45) is 1.11. The molecule has 0 spiro atoms. The van der Waals surface area contributed by atoms with Crippen LogP contribution in [0.1, 0.15) is 26.0 Å². The summed E-state index contributed by atoms with van der Waals surface area (Å²) in [5.74, 6) is 2.49. The van der Waals surface area contributed by atoms with E-state index in [2.05, 4.69) is 50.5 Å². The van der Waals surface area contributed by atoms with Gasteiger partial charge in [0, 0.05) is 13.1 Å². The van der Waals surface area contributed by atoms with E-state index in [1.807, 2.05) is 11.6 Å². The number of hydrogen-bond acceptors (Lipinski definition) is 4. The monoisotopic (exact) mass is 349 g/mol. The number of rotatable bonds is 4. The van der Waals surface area contributed by atoms with Crippen LogP contribution in [0.2, 0.25) is 0 Å². The normalized spacial score (nSPS) is 14.1. The molecule has 1 aliphatic heterocycles. The van der Waals surface area contributed by atoms with Crippen molar-refractivity contribution in [3.8, 4) is 0 Å². The molecular weight excluding hydrogens is 330 g/mol. The van der Waals surface area contributed by atoms with E-state index >= 15 is 0 Å². The first kappa shape index (κ1) is 16.3. The van der Waals surface area contributed by atoms with E-state index in [0.29, 0.717) is 5.92 Å². The number of nitrogens with one attached hydrogen (secondary N) is 2. The summed E-state index contributed by atoms with van der Waals surface area (Å²) >= 11 is 3.59. The second-order valence-electron chi connectivity index (χ2n) is 4.94. The molecule has 0 fully saturated rings. The third-order valence-electron chi connectivity index (χ3n) is 2.88.